The fourth-order valence-corrected chi connectivity index (χ4v) is 7.61. The number of carbonyl (C=O) groups is 2. The molecule has 0 unspecified atom stereocenters. The molecule has 15 nitrogen and oxygen atoms in total. The molecule has 0 atom stereocenters. The zero-order valence-corrected chi connectivity index (χ0v) is 39.8. The van der Waals surface area contributed by atoms with Gasteiger partial charge in [-0.15, -0.1) is 0 Å². The van der Waals surface area contributed by atoms with E-state index in [-0.39, 0.29) is 117 Å². The minimum absolute atomic E-state index is 0. The van der Waals surface area contributed by atoms with Crippen molar-refractivity contribution in [3.63, 3.8) is 0 Å². The fourth-order valence-electron chi connectivity index (χ4n) is 5.70. The number of hydrogen-bond acceptors (Lipinski definition) is 15. The Balaban J connectivity index is 0.00000348. The van der Waals surface area contributed by atoms with E-state index in [1.165, 1.54) is 24.3 Å². The summed E-state index contributed by atoms with van der Waals surface area (Å²) < 4.78 is 110. The third-order valence-electron chi connectivity index (χ3n) is 8.40. The average molecular weight is 841 g/mol. The molecule has 5 rings (SSSR count). The van der Waals surface area contributed by atoms with Gasteiger partial charge in [-0.3, -0.25) is 9.59 Å². The third kappa shape index (κ3) is 9.89. The van der Waals surface area contributed by atoms with Crippen molar-refractivity contribution in [3.05, 3.63) is 88.0 Å². The van der Waals surface area contributed by atoms with E-state index in [1.54, 1.807) is 41.5 Å². The van der Waals surface area contributed by atoms with Gasteiger partial charge in [-0.25, -0.2) is 25.3 Å². The Kier molecular flexibility index (Phi) is 15.0. The van der Waals surface area contributed by atoms with E-state index in [9.17, 15) is 58.7 Å². The van der Waals surface area contributed by atoms with E-state index < -0.39 is 101 Å². The van der Waals surface area contributed by atoms with Gasteiger partial charge >= 0.3 is 88.7 Å². The van der Waals surface area contributed by atoms with Gasteiger partial charge in [-0.1, -0.05) is 53.7 Å². The third-order valence-corrected chi connectivity index (χ3v) is 11.0. The van der Waals surface area contributed by atoms with Crippen LogP contribution >= 0.6 is 0 Å². The number of hydrogen-bond donors (Lipinski definition) is 4. The molecular formula is C34H31N2Na3O13S3. The predicted molar refractivity (Wildman–Crippen MR) is 184 cm³/mol. The number of anilines is 4. The monoisotopic (exact) mass is 840 g/mol. The second-order valence-corrected chi connectivity index (χ2v) is 18.1. The fraction of sp³-hybridized carbons (Fsp3) is 0.235. The largest absolute Gasteiger partial charge is 1.00 e. The summed E-state index contributed by atoms with van der Waals surface area (Å²) in [6.45, 7) is 10.6. The second kappa shape index (κ2) is 16.8. The normalized spacial score (nSPS) is 13.0. The van der Waals surface area contributed by atoms with E-state index in [2.05, 4.69) is 10.6 Å². The van der Waals surface area contributed by atoms with Crippen LogP contribution < -0.4 is 99.3 Å². The van der Waals surface area contributed by atoms with Crippen LogP contribution in [0.2, 0.25) is 0 Å². The molecule has 0 amide bonds. The maximum atomic E-state index is 14.3. The summed E-state index contributed by atoms with van der Waals surface area (Å²) in [5.74, 6) is -5.21. The summed E-state index contributed by atoms with van der Waals surface area (Å²) >= 11 is 0. The van der Waals surface area contributed by atoms with Gasteiger partial charge in [0.1, 0.15) is 46.7 Å². The molecule has 0 saturated heterocycles. The second-order valence-electron chi connectivity index (χ2n) is 14.1. The standard InChI is InChI=1S/C34H34N2O13S3.3Na/c1-33(2,3)16-7-9-18(23(13-16)50(41,42)43)35-20-11-12-21(36-19-10-8-17(34(4,5)6)14-24(19)51(44,45)46)27-26(20)31(39)28-22(37)15-25(52(47,48)49)30(38)29(28)32(27)40;;;/h7-15,35-38H,1-6H3,(H,41,42,43)(H,44,45,46)(H,47,48,49);;;/q;3*+1/p-3. The summed E-state index contributed by atoms with van der Waals surface area (Å²) in [5, 5.41) is 26.9. The molecule has 55 heavy (non-hydrogen) atoms. The van der Waals surface area contributed by atoms with Crippen molar-refractivity contribution in [2.75, 3.05) is 10.6 Å². The SMILES string of the molecule is CC(C)(C)c1ccc(Nc2ccc(Nc3ccc(C(C)(C)C)cc3S(=O)(=O)[O-])c3c2C(=O)c2c(O)cc(S(=O)(=O)[O-])c(O)c2C3=O)c(S(=O)(=O)[O-])c1.[Na+].[Na+].[Na+]. The van der Waals surface area contributed by atoms with Gasteiger partial charge in [-0.05, 0) is 58.4 Å². The Morgan fingerprint density at radius 3 is 1.15 bits per heavy atom. The van der Waals surface area contributed by atoms with Gasteiger partial charge < -0.3 is 34.5 Å². The van der Waals surface area contributed by atoms with Crippen LogP contribution in [0.4, 0.5) is 22.7 Å². The zero-order valence-electron chi connectivity index (χ0n) is 31.3. The van der Waals surface area contributed by atoms with Crippen LogP contribution in [0.1, 0.15) is 84.5 Å². The van der Waals surface area contributed by atoms with E-state index in [0.29, 0.717) is 11.1 Å². The van der Waals surface area contributed by atoms with Gasteiger partial charge in [0, 0.05) is 6.07 Å². The van der Waals surface area contributed by atoms with Crippen LogP contribution in [0.3, 0.4) is 0 Å². The number of rotatable bonds is 7. The van der Waals surface area contributed by atoms with Crippen molar-refractivity contribution in [3.8, 4) is 11.5 Å². The number of ketones is 2. The quantitative estimate of drug-likeness (QED) is 0.0686. The van der Waals surface area contributed by atoms with Crippen molar-refractivity contribution in [1.82, 2.24) is 0 Å². The molecule has 0 heterocycles. The molecule has 0 saturated carbocycles. The van der Waals surface area contributed by atoms with Gasteiger partial charge in [-0.2, -0.15) is 0 Å². The van der Waals surface area contributed by atoms with E-state index in [0.717, 1.165) is 24.3 Å². The van der Waals surface area contributed by atoms with E-state index in [4.69, 9.17) is 0 Å². The van der Waals surface area contributed by atoms with Crippen LogP contribution in [0, 0.1) is 0 Å². The maximum Gasteiger partial charge on any atom is 1.00 e. The number of nitrogens with one attached hydrogen (secondary N) is 2. The molecule has 276 valence electrons. The Morgan fingerprint density at radius 1 is 0.491 bits per heavy atom. The Morgan fingerprint density at radius 2 is 0.818 bits per heavy atom. The Hall–Kier alpha value is -1.85. The number of phenols is 2. The van der Waals surface area contributed by atoms with E-state index in [1.807, 2.05) is 0 Å². The summed E-state index contributed by atoms with van der Waals surface area (Å²) in [5.41, 5.74) is -4.96. The molecule has 4 N–H and O–H groups in total. The van der Waals surface area contributed by atoms with Crippen molar-refractivity contribution >= 4 is 64.7 Å². The Labute approximate surface area is 384 Å². The number of aromatic hydroxyl groups is 2. The first-order valence-corrected chi connectivity index (χ1v) is 19.4. The molecular weight excluding hydrogens is 810 g/mol. The van der Waals surface area contributed by atoms with Gasteiger partial charge in [0.2, 0.25) is 11.6 Å². The van der Waals surface area contributed by atoms with Crippen molar-refractivity contribution in [2.24, 2.45) is 0 Å². The summed E-state index contributed by atoms with van der Waals surface area (Å²) in [6.07, 6.45) is 0. The van der Waals surface area contributed by atoms with E-state index >= 15 is 0 Å². The summed E-state index contributed by atoms with van der Waals surface area (Å²) in [7, 11) is -15.9. The summed E-state index contributed by atoms with van der Waals surface area (Å²) in [4.78, 5) is 25.6. The molecule has 0 aliphatic heterocycles. The zero-order chi connectivity index (χ0) is 39.1. The number of carbonyl (C=O) groups excluding carboxylic acids is 2. The molecule has 1 aliphatic carbocycles. The minimum Gasteiger partial charge on any atom is -0.744 e. The van der Waals surface area contributed by atoms with Gasteiger partial charge in [0.15, 0.2) is 0 Å². The van der Waals surface area contributed by atoms with Gasteiger partial charge in [0.25, 0.3) is 0 Å². The van der Waals surface area contributed by atoms with Crippen LogP contribution in [-0.4, -0.2) is 60.7 Å². The molecule has 0 aromatic heterocycles. The molecule has 4 aromatic carbocycles. The number of phenolic OH excluding ortho intramolecular Hbond substituents is 2. The van der Waals surface area contributed by atoms with Crippen LogP contribution in [0.15, 0.2) is 69.3 Å². The molecule has 1 aliphatic rings. The van der Waals surface area contributed by atoms with Crippen molar-refractivity contribution in [1.29, 1.82) is 0 Å². The first-order valence-electron chi connectivity index (χ1n) is 15.2. The number of fused-ring (bicyclic) bond motifs is 2. The van der Waals surface area contributed by atoms with Crippen molar-refractivity contribution < 1.29 is 147 Å². The average Bonchev–Trinajstić information content (AvgIpc) is 2.99. The topological polar surface area (TPSA) is 270 Å². The summed E-state index contributed by atoms with van der Waals surface area (Å²) in [6, 6.07) is 10.3. The molecule has 0 spiro atoms. The first kappa shape index (κ1) is 49.3. The minimum atomic E-state index is -5.53. The molecule has 0 fully saturated rings. The molecule has 0 radical (unpaired) electrons. The smallest absolute Gasteiger partial charge is 0.744 e. The van der Waals surface area contributed by atoms with Crippen LogP contribution in [0.25, 0.3) is 0 Å². The molecule has 21 heteroatoms. The van der Waals surface area contributed by atoms with Crippen LogP contribution in [0.5, 0.6) is 11.5 Å². The molecule has 0 bridgehead atoms. The Bertz CT molecular complexity index is 2580. The van der Waals surface area contributed by atoms with Crippen LogP contribution in [-0.2, 0) is 41.2 Å². The first-order chi connectivity index (χ1) is 23.6. The van der Waals surface area contributed by atoms with Crippen molar-refractivity contribution in [2.45, 2.75) is 67.1 Å². The maximum absolute atomic E-state index is 14.3. The predicted octanol–water partition coefficient (Wildman–Crippen LogP) is -4.32. The van der Waals surface area contributed by atoms with Gasteiger partial charge in [0.05, 0.1) is 54.8 Å². The molecule has 4 aromatic rings. The number of benzene rings is 4.